The Morgan fingerprint density at radius 3 is 2.75 bits per heavy atom. The maximum absolute atomic E-state index is 12.4. The third-order valence-corrected chi connectivity index (χ3v) is 5.35. The molecule has 1 atom stereocenters. The molecule has 1 aromatic rings. The topological polar surface area (TPSA) is 41.6 Å². The highest BCUT2D eigenvalue weighted by molar-refractivity contribution is 5.79. The van der Waals surface area contributed by atoms with E-state index < -0.39 is 0 Å². The number of hydrogen-bond acceptors (Lipinski definition) is 3. The van der Waals surface area contributed by atoms with E-state index >= 15 is 0 Å². The molecule has 4 heteroatoms. The molecule has 2 fully saturated rings. The Bertz CT molecular complexity index is 559. The van der Waals surface area contributed by atoms with Gasteiger partial charge in [0.05, 0.1) is 13.0 Å². The number of aryl methyl sites for hydroxylation is 2. The Kier molecular flexibility index (Phi) is 5.90. The normalized spacial score (nSPS) is 22.7. The lowest BCUT2D eigenvalue weighted by molar-refractivity contribution is -0.121. The number of carbonyl (C=O) groups excluding carboxylic acids is 1. The van der Waals surface area contributed by atoms with Crippen LogP contribution in [0, 0.1) is 19.8 Å². The number of benzene rings is 1. The van der Waals surface area contributed by atoms with Crippen LogP contribution in [0.2, 0.25) is 0 Å². The zero-order valence-electron chi connectivity index (χ0n) is 15.0. The fraction of sp³-hybridized carbons (Fsp3) is 0.650. The van der Waals surface area contributed by atoms with E-state index in [1.807, 2.05) is 0 Å². The van der Waals surface area contributed by atoms with Crippen molar-refractivity contribution in [3.8, 4) is 0 Å². The average Bonchev–Trinajstić information content (AvgIpc) is 3.06. The number of ether oxygens (including phenoxy) is 1. The molecule has 0 aromatic heterocycles. The predicted octanol–water partition coefficient (Wildman–Crippen LogP) is 2.46. The van der Waals surface area contributed by atoms with Crippen LogP contribution in [0.3, 0.4) is 0 Å². The molecule has 24 heavy (non-hydrogen) atoms. The standard InChI is InChI=1S/C20H30N2O2/c1-15-3-4-16(2)18(11-15)12-20(23)21-19-5-8-22(9-6-19)13-17-7-10-24-14-17/h3-4,11,17,19H,5-10,12-14H2,1-2H3,(H,21,23)/t17-/m0/s1. The summed E-state index contributed by atoms with van der Waals surface area (Å²) < 4.78 is 5.46. The van der Waals surface area contributed by atoms with Crippen LogP contribution in [0.5, 0.6) is 0 Å². The van der Waals surface area contributed by atoms with E-state index in [0.29, 0.717) is 18.4 Å². The molecule has 2 aliphatic heterocycles. The summed E-state index contributed by atoms with van der Waals surface area (Å²) >= 11 is 0. The summed E-state index contributed by atoms with van der Waals surface area (Å²) in [5.41, 5.74) is 3.56. The first-order valence-electron chi connectivity index (χ1n) is 9.26. The fourth-order valence-electron chi connectivity index (χ4n) is 3.79. The Labute approximate surface area is 145 Å². The van der Waals surface area contributed by atoms with E-state index in [4.69, 9.17) is 4.74 Å². The van der Waals surface area contributed by atoms with Gasteiger partial charge in [-0.3, -0.25) is 4.79 Å². The van der Waals surface area contributed by atoms with Crippen LogP contribution >= 0.6 is 0 Å². The molecule has 1 amide bonds. The predicted molar refractivity (Wildman–Crippen MR) is 96.2 cm³/mol. The minimum absolute atomic E-state index is 0.159. The molecule has 2 aliphatic rings. The summed E-state index contributed by atoms with van der Waals surface area (Å²) in [6.07, 6.45) is 3.82. The molecule has 132 valence electrons. The molecule has 2 heterocycles. The summed E-state index contributed by atoms with van der Waals surface area (Å²) in [6.45, 7) is 9.33. The van der Waals surface area contributed by atoms with Gasteiger partial charge in [0, 0.05) is 32.3 Å². The van der Waals surface area contributed by atoms with E-state index in [9.17, 15) is 4.79 Å². The number of piperidine rings is 1. The summed E-state index contributed by atoms with van der Waals surface area (Å²) in [4.78, 5) is 14.9. The van der Waals surface area contributed by atoms with Crippen molar-refractivity contribution in [2.45, 2.75) is 45.6 Å². The molecule has 0 saturated carbocycles. The first-order valence-corrected chi connectivity index (χ1v) is 9.26. The summed E-state index contributed by atoms with van der Waals surface area (Å²) in [7, 11) is 0. The molecular formula is C20H30N2O2. The molecular weight excluding hydrogens is 300 g/mol. The maximum Gasteiger partial charge on any atom is 0.224 e. The summed E-state index contributed by atoms with van der Waals surface area (Å²) in [6, 6.07) is 6.66. The zero-order chi connectivity index (χ0) is 16.9. The number of likely N-dealkylation sites (tertiary alicyclic amines) is 1. The molecule has 0 radical (unpaired) electrons. The lowest BCUT2D eigenvalue weighted by Crippen LogP contribution is -2.46. The number of carbonyl (C=O) groups is 1. The van der Waals surface area contributed by atoms with Gasteiger partial charge in [-0.15, -0.1) is 0 Å². The molecule has 0 unspecified atom stereocenters. The number of hydrogen-bond donors (Lipinski definition) is 1. The highest BCUT2D eigenvalue weighted by Gasteiger charge is 2.24. The van der Waals surface area contributed by atoms with Crippen molar-refractivity contribution in [2.75, 3.05) is 32.8 Å². The molecule has 0 aliphatic carbocycles. The second-order valence-electron chi connectivity index (χ2n) is 7.48. The van der Waals surface area contributed by atoms with Crippen LogP contribution in [-0.4, -0.2) is 49.7 Å². The van der Waals surface area contributed by atoms with Crippen molar-refractivity contribution in [1.29, 1.82) is 0 Å². The van der Waals surface area contributed by atoms with Gasteiger partial charge in [0.15, 0.2) is 0 Å². The van der Waals surface area contributed by atoms with Crippen molar-refractivity contribution >= 4 is 5.91 Å². The fourth-order valence-corrected chi connectivity index (χ4v) is 3.79. The minimum Gasteiger partial charge on any atom is -0.381 e. The Morgan fingerprint density at radius 1 is 1.25 bits per heavy atom. The number of nitrogens with one attached hydrogen (secondary N) is 1. The van der Waals surface area contributed by atoms with Crippen LogP contribution in [0.15, 0.2) is 18.2 Å². The molecule has 3 rings (SSSR count). The van der Waals surface area contributed by atoms with Crippen LogP contribution in [0.1, 0.15) is 36.0 Å². The van der Waals surface area contributed by atoms with Crippen molar-refractivity contribution in [1.82, 2.24) is 10.2 Å². The molecule has 1 aromatic carbocycles. The number of amides is 1. The lowest BCUT2D eigenvalue weighted by Gasteiger charge is -2.33. The minimum atomic E-state index is 0.159. The van der Waals surface area contributed by atoms with Gasteiger partial charge in [-0.2, -0.15) is 0 Å². The number of rotatable bonds is 5. The first kappa shape index (κ1) is 17.4. The van der Waals surface area contributed by atoms with Gasteiger partial charge in [-0.1, -0.05) is 23.8 Å². The molecule has 4 nitrogen and oxygen atoms in total. The van der Waals surface area contributed by atoms with Crippen LogP contribution < -0.4 is 5.32 Å². The van der Waals surface area contributed by atoms with Gasteiger partial charge in [0.1, 0.15) is 0 Å². The zero-order valence-corrected chi connectivity index (χ0v) is 15.0. The SMILES string of the molecule is Cc1ccc(C)c(CC(=O)NC2CCN(C[C@@H]3CCOC3)CC2)c1. The highest BCUT2D eigenvalue weighted by atomic mass is 16.5. The summed E-state index contributed by atoms with van der Waals surface area (Å²) in [5, 5.41) is 3.24. The summed E-state index contributed by atoms with van der Waals surface area (Å²) in [5.74, 6) is 0.867. The van der Waals surface area contributed by atoms with E-state index in [2.05, 4.69) is 42.3 Å². The number of nitrogens with zero attached hydrogens (tertiary/aromatic N) is 1. The Balaban J connectivity index is 1.42. The highest BCUT2D eigenvalue weighted by Crippen LogP contribution is 2.18. The Morgan fingerprint density at radius 2 is 2.04 bits per heavy atom. The Hall–Kier alpha value is -1.39. The van der Waals surface area contributed by atoms with E-state index in [1.165, 1.54) is 17.5 Å². The molecule has 0 spiro atoms. The second kappa shape index (κ2) is 8.13. The third-order valence-electron chi connectivity index (χ3n) is 5.35. The largest absolute Gasteiger partial charge is 0.381 e. The first-order chi connectivity index (χ1) is 11.6. The molecule has 2 saturated heterocycles. The third kappa shape index (κ3) is 4.81. The van der Waals surface area contributed by atoms with Gasteiger partial charge in [0.25, 0.3) is 0 Å². The molecule has 0 bridgehead atoms. The maximum atomic E-state index is 12.4. The van der Waals surface area contributed by atoms with E-state index in [-0.39, 0.29) is 5.91 Å². The van der Waals surface area contributed by atoms with E-state index in [0.717, 1.165) is 51.3 Å². The van der Waals surface area contributed by atoms with Crippen molar-refractivity contribution in [2.24, 2.45) is 5.92 Å². The van der Waals surface area contributed by atoms with Gasteiger partial charge in [0.2, 0.25) is 5.91 Å². The average molecular weight is 330 g/mol. The van der Waals surface area contributed by atoms with Crippen LogP contribution in [-0.2, 0) is 16.0 Å². The lowest BCUT2D eigenvalue weighted by atomic mass is 10.0. The smallest absolute Gasteiger partial charge is 0.224 e. The van der Waals surface area contributed by atoms with Gasteiger partial charge >= 0.3 is 0 Å². The molecule has 1 N–H and O–H groups in total. The van der Waals surface area contributed by atoms with E-state index in [1.54, 1.807) is 0 Å². The monoisotopic (exact) mass is 330 g/mol. The van der Waals surface area contributed by atoms with Gasteiger partial charge in [-0.25, -0.2) is 0 Å². The van der Waals surface area contributed by atoms with Crippen LogP contribution in [0.25, 0.3) is 0 Å². The van der Waals surface area contributed by atoms with Crippen molar-refractivity contribution in [3.05, 3.63) is 34.9 Å². The van der Waals surface area contributed by atoms with Crippen molar-refractivity contribution < 1.29 is 9.53 Å². The van der Waals surface area contributed by atoms with Crippen molar-refractivity contribution in [3.63, 3.8) is 0 Å². The quantitative estimate of drug-likeness (QED) is 0.902. The van der Waals surface area contributed by atoms with Gasteiger partial charge in [-0.05, 0) is 50.2 Å². The van der Waals surface area contributed by atoms with Gasteiger partial charge < -0.3 is 15.0 Å². The second-order valence-corrected chi connectivity index (χ2v) is 7.48. The van der Waals surface area contributed by atoms with Crippen LogP contribution in [0.4, 0.5) is 0 Å².